The fraction of sp³-hybridized carbons (Fsp3) is 0.304. The van der Waals surface area contributed by atoms with E-state index in [4.69, 9.17) is 0 Å². The molecule has 3 rings (SSSR count). The number of aliphatic carboxylic acids is 1. The molecule has 0 aliphatic carbocycles. The summed E-state index contributed by atoms with van der Waals surface area (Å²) in [7, 11) is 0. The Bertz CT molecular complexity index is 933. The van der Waals surface area contributed by atoms with E-state index in [0.717, 1.165) is 11.1 Å². The van der Waals surface area contributed by atoms with Gasteiger partial charge in [-0.1, -0.05) is 60.7 Å². The van der Waals surface area contributed by atoms with Crippen molar-refractivity contribution in [2.24, 2.45) is 0 Å². The van der Waals surface area contributed by atoms with E-state index in [-0.39, 0.29) is 18.7 Å². The van der Waals surface area contributed by atoms with Crippen LogP contribution in [0.4, 0.5) is 0 Å². The highest BCUT2D eigenvalue weighted by Crippen LogP contribution is 2.10. The first-order chi connectivity index (χ1) is 14.9. The van der Waals surface area contributed by atoms with E-state index in [1.807, 2.05) is 60.7 Å². The summed E-state index contributed by atoms with van der Waals surface area (Å²) in [4.78, 5) is 48.6. The van der Waals surface area contributed by atoms with Gasteiger partial charge in [0, 0.05) is 6.42 Å². The summed E-state index contributed by atoms with van der Waals surface area (Å²) >= 11 is 0. The lowest BCUT2D eigenvalue weighted by atomic mass is 10.0. The minimum atomic E-state index is -1.15. The second kappa shape index (κ2) is 10.4. The topological polar surface area (TPSA) is 125 Å². The molecule has 0 saturated carbocycles. The zero-order valence-electron chi connectivity index (χ0n) is 16.9. The zero-order valence-corrected chi connectivity index (χ0v) is 16.9. The maximum Gasteiger partial charge on any atom is 0.326 e. The average molecular weight is 423 g/mol. The van der Waals surface area contributed by atoms with Gasteiger partial charge in [0.05, 0.1) is 6.42 Å². The van der Waals surface area contributed by atoms with Crippen molar-refractivity contribution >= 4 is 23.7 Å². The van der Waals surface area contributed by atoms with Crippen molar-refractivity contribution in [3.8, 4) is 0 Å². The quantitative estimate of drug-likeness (QED) is 0.475. The van der Waals surface area contributed by atoms with E-state index in [1.165, 1.54) is 0 Å². The molecule has 8 nitrogen and oxygen atoms in total. The molecule has 31 heavy (non-hydrogen) atoms. The summed E-state index contributed by atoms with van der Waals surface area (Å²) in [5.41, 5.74) is 1.87. The molecule has 0 spiro atoms. The van der Waals surface area contributed by atoms with Crippen molar-refractivity contribution in [1.29, 1.82) is 0 Å². The number of amides is 3. The molecule has 3 atom stereocenters. The predicted molar refractivity (Wildman–Crippen MR) is 113 cm³/mol. The Morgan fingerprint density at radius 2 is 1.42 bits per heavy atom. The van der Waals surface area contributed by atoms with Crippen LogP contribution in [0, 0.1) is 0 Å². The third-order valence-corrected chi connectivity index (χ3v) is 5.14. The molecule has 4 N–H and O–H groups in total. The molecule has 0 aromatic heterocycles. The Labute approximate surface area is 180 Å². The third-order valence-electron chi connectivity index (χ3n) is 5.14. The number of hydrogen-bond donors (Lipinski definition) is 4. The standard InChI is InChI=1S/C23H25N3O5/c27-20(24-17(23(30)31)12-11-15-7-3-1-4-8-15)14-19-22(29)25-18(21(28)26-19)13-16-9-5-2-6-10-16/h1-10,17-19H,11-14H2,(H,24,27)(H,25,29)(H,26,28)(H,30,31)/t17-,18+,19+/m1/s1. The molecule has 1 heterocycles. The largest absolute Gasteiger partial charge is 0.480 e. The van der Waals surface area contributed by atoms with Crippen molar-refractivity contribution in [3.63, 3.8) is 0 Å². The van der Waals surface area contributed by atoms with Crippen molar-refractivity contribution in [2.45, 2.75) is 43.8 Å². The fourth-order valence-electron chi connectivity index (χ4n) is 3.46. The molecule has 1 aliphatic heterocycles. The summed E-state index contributed by atoms with van der Waals surface area (Å²) in [6.45, 7) is 0. The van der Waals surface area contributed by atoms with Crippen molar-refractivity contribution < 1.29 is 24.3 Å². The molecular formula is C23H25N3O5. The summed E-state index contributed by atoms with van der Waals surface area (Å²) in [6.07, 6.45) is 0.718. The first kappa shape index (κ1) is 22.0. The second-order valence-electron chi connectivity index (χ2n) is 7.50. The number of nitrogens with one attached hydrogen (secondary N) is 3. The number of aryl methyl sites for hydroxylation is 1. The third kappa shape index (κ3) is 6.40. The first-order valence-corrected chi connectivity index (χ1v) is 10.1. The second-order valence-corrected chi connectivity index (χ2v) is 7.50. The Morgan fingerprint density at radius 1 is 0.871 bits per heavy atom. The Morgan fingerprint density at radius 3 is 2.03 bits per heavy atom. The molecule has 1 fully saturated rings. The molecule has 2 aromatic carbocycles. The van der Waals surface area contributed by atoms with Gasteiger partial charge in [-0.25, -0.2) is 4.79 Å². The lowest BCUT2D eigenvalue weighted by Gasteiger charge is -2.29. The molecule has 1 aliphatic rings. The lowest BCUT2D eigenvalue weighted by Crippen LogP contribution is -2.63. The van der Waals surface area contributed by atoms with Crippen LogP contribution >= 0.6 is 0 Å². The highest BCUT2D eigenvalue weighted by molar-refractivity contribution is 5.99. The van der Waals surface area contributed by atoms with Gasteiger partial charge in [-0.05, 0) is 24.0 Å². The number of benzene rings is 2. The minimum absolute atomic E-state index is 0.216. The van der Waals surface area contributed by atoms with Crippen LogP contribution in [0.1, 0.15) is 24.0 Å². The number of carboxylic acid groups (broad SMARTS) is 1. The van der Waals surface area contributed by atoms with Gasteiger partial charge in [0.2, 0.25) is 17.7 Å². The molecule has 0 radical (unpaired) electrons. The Hall–Kier alpha value is -3.68. The molecule has 8 heteroatoms. The summed E-state index contributed by atoms with van der Waals surface area (Å²) < 4.78 is 0. The number of hydrogen-bond acceptors (Lipinski definition) is 4. The molecular weight excluding hydrogens is 398 g/mol. The van der Waals surface area contributed by atoms with Crippen LogP contribution in [0.2, 0.25) is 0 Å². The summed E-state index contributed by atoms with van der Waals surface area (Å²) in [5.74, 6) is -2.60. The normalized spacial score (nSPS) is 19.1. The van der Waals surface area contributed by atoms with E-state index in [1.54, 1.807) is 0 Å². The van der Waals surface area contributed by atoms with Crippen LogP contribution in [0.25, 0.3) is 0 Å². The van der Waals surface area contributed by atoms with Gasteiger partial charge in [0.25, 0.3) is 0 Å². The maximum atomic E-state index is 12.4. The first-order valence-electron chi connectivity index (χ1n) is 10.1. The molecule has 0 unspecified atom stereocenters. The van der Waals surface area contributed by atoms with Gasteiger partial charge in [-0.15, -0.1) is 0 Å². The van der Waals surface area contributed by atoms with E-state index in [0.29, 0.717) is 12.8 Å². The van der Waals surface area contributed by atoms with Crippen LogP contribution in [-0.2, 0) is 32.0 Å². The Kier molecular flexibility index (Phi) is 7.37. The van der Waals surface area contributed by atoms with E-state index < -0.39 is 35.9 Å². The van der Waals surface area contributed by atoms with Gasteiger partial charge in [0.15, 0.2) is 0 Å². The fourth-order valence-corrected chi connectivity index (χ4v) is 3.46. The van der Waals surface area contributed by atoms with Crippen molar-refractivity contribution in [2.75, 3.05) is 0 Å². The monoisotopic (exact) mass is 423 g/mol. The van der Waals surface area contributed by atoms with Crippen molar-refractivity contribution in [1.82, 2.24) is 16.0 Å². The number of carboxylic acids is 1. The van der Waals surface area contributed by atoms with E-state index >= 15 is 0 Å². The van der Waals surface area contributed by atoms with Gasteiger partial charge in [-0.3, -0.25) is 14.4 Å². The SMILES string of the molecule is O=C(C[C@@H]1NC(=O)[C@H](Cc2ccccc2)NC1=O)N[C@H](CCc1ccccc1)C(=O)O. The van der Waals surface area contributed by atoms with Crippen LogP contribution < -0.4 is 16.0 Å². The van der Waals surface area contributed by atoms with Crippen LogP contribution in [0.3, 0.4) is 0 Å². The Balaban J connectivity index is 1.51. The molecule has 3 amide bonds. The molecule has 162 valence electrons. The number of rotatable bonds is 9. The number of piperazine rings is 1. The number of carbonyl (C=O) groups excluding carboxylic acids is 3. The highest BCUT2D eigenvalue weighted by atomic mass is 16.4. The van der Waals surface area contributed by atoms with Gasteiger partial charge in [0.1, 0.15) is 18.1 Å². The van der Waals surface area contributed by atoms with E-state index in [9.17, 15) is 24.3 Å². The van der Waals surface area contributed by atoms with Gasteiger partial charge in [-0.2, -0.15) is 0 Å². The van der Waals surface area contributed by atoms with Crippen LogP contribution in [-0.4, -0.2) is 46.9 Å². The molecule has 2 aromatic rings. The smallest absolute Gasteiger partial charge is 0.326 e. The van der Waals surface area contributed by atoms with Crippen LogP contribution in [0.15, 0.2) is 60.7 Å². The van der Waals surface area contributed by atoms with Gasteiger partial charge < -0.3 is 21.1 Å². The van der Waals surface area contributed by atoms with Crippen LogP contribution in [0.5, 0.6) is 0 Å². The minimum Gasteiger partial charge on any atom is -0.480 e. The maximum absolute atomic E-state index is 12.4. The highest BCUT2D eigenvalue weighted by Gasteiger charge is 2.35. The molecule has 1 saturated heterocycles. The zero-order chi connectivity index (χ0) is 22.2. The van der Waals surface area contributed by atoms with Crippen molar-refractivity contribution in [3.05, 3.63) is 71.8 Å². The van der Waals surface area contributed by atoms with Gasteiger partial charge >= 0.3 is 5.97 Å². The predicted octanol–water partition coefficient (Wildman–Crippen LogP) is 0.805. The summed E-state index contributed by atoms with van der Waals surface area (Å²) in [6, 6.07) is 15.8. The average Bonchev–Trinajstić information content (AvgIpc) is 2.76. The number of carbonyl (C=O) groups is 4. The summed E-state index contributed by atoms with van der Waals surface area (Å²) in [5, 5.41) is 17.1. The van der Waals surface area contributed by atoms with E-state index in [2.05, 4.69) is 16.0 Å². The molecule has 0 bridgehead atoms. The lowest BCUT2D eigenvalue weighted by molar-refractivity contribution is -0.143.